The molecular weight excluding hydrogens is 280 g/mol. The third-order valence-electron chi connectivity index (χ3n) is 4.89. The molecular formula is C22H32O. The molecule has 0 N–H and O–H groups in total. The molecule has 126 valence electrons. The molecule has 0 bridgehead atoms. The maximum absolute atomic E-state index is 5.61. The predicted octanol–water partition coefficient (Wildman–Crippen LogP) is 6.41. The monoisotopic (exact) mass is 312 g/mol. The smallest absolute Gasteiger partial charge is 0.0721 e. The zero-order valence-corrected chi connectivity index (χ0v) is 14.8. The summed E-state index contributed by atoms with van der Waals surface area (Å²) < 4.78 is 5.61. The number of benzene rings is 1. The Morgan fingerprint density at radius 2 is 1.74 bits per heavy atom. The molecule has 0 spiro atoms. The molecule has 0 amide bonds. The first-order valence-corrected chi connectivity index (χ1v) is 9.26. The minimum atomic E-state index is 0.703. The maximum atomic E-state index is 5.61. The van der Waals surface area contributed by atoms with Crippen molar-refractivity contribution in [3.05, 3.63) is 59.7 Å². The molecule has 1 nitrogen and oxygen atoms in total. The minimum Gasteiger partial charge on any atom is -0.373 e. The zero-order valence-electron chi connectivity index (χ0n) is 14.8. The van der Waals surface area contributed by atoms with Crippen molar-refractivity contribution in [2.45, 2.75) is 64.9 Å². The first-order valence-electron chi connectivity index (χ1n) is 9.26. The Morgan fingerprint density at radius 3 is 2.39 bits per heavy atom. The second-order valence-electron chi connectivity index (χ2n) is 6.66. The second kappa shape index (κ2) is 10.4. The van der Waals surface area contributed by atoms with Gasteiger partial charge in [0.25, 0.3) is 0 Å². The van der Waals surface area contributed by atoms with Crippen molar-refractivity contribution >= 4 is 0 Å². The Bertz CT molecular complexity index is 475. The molecule has 1 aliphatic rings. The summed E-state index contributed by atoms with van der Waals surface area (Å²) in [5.74, 6) is 1.67. The molecule has 0 radical (unpaired) electrons. The normalized spacial score (nSPS) is 22.2. The fraction of sp³-hybridized carbons (Fsp3) is 0.545. The van der Waals surface area contributed by atoms with Gasteiger partial charge in [0.1, 0.15) is 0 Å². The highest BCUT2D eigenvalue weighted by Gasteiger charge is 2.21. The topological polar surface area (TPSA) is 9.23 Å². The van der Waals surface area contributed by atoms with Gasteiger partial charge < -0.3 is 4.74 Å². The van der Waals surface area contributed by atoms with Crippen molar-refractivity contribution in [3.63, 3.8) is 0 Å². The molecule has 1 aromatic rings. The van der Waals surface area contributed by atoms with Gasteiger partial charge in [-0.1, -0.05) is 55.5 Å². The van der Waals surface area contributed by atoms with Crippen LogP contribution < -0.4 is 0 Å². The van der Waals surface area contributed by atoms with Crippen molar-refractivity contribution in [1.29, 1.82) is 0 Å². The molecule has 2 rings (SSSR count). The van der Waals surface area contributed by atoms with E-state index in [1.807, 2.05) is 19.1 Å². The molecule has 1 fully saturated rings. The molecule has 1 heteroatoms. The molecule has 23 heavy (non-hydrogen) atoms. The van der Waals surface area contributed by atoms with Crippen LogP contribution in [0.4, 0.5) is 0 Å². The maximum Gasteiger partial charge on any atom is 0.0721 e. The number of allylic oxidation sites excluding steroid dienone is 3. The Labute approximate surface area is 142 Å². The molecule has 1 aromatic carbocycles. The van der Waals surface area contributed by atoms with Gasteiger partial charge in [0.15, 0.2) is 0 Å². The fourth-order valence-corrected chi connectivity index (χ4v) is 3.41. The van der Waals surface area contributed by atoms with Crippen LogP contribution in [0.2, 0.25) is 0 Å². The number of rotatable bonds is 8. The minimum absolute atomic E-state index is 0.703. The lowest BCUT2D eigenvalue weighted by molar-refractivity contribution is 0.148. The second-order valence-corrected chi connectivity index (χ2v) is 6.66. The van der Waals surface area contributed by atoms with Crippen molar-refractivity contribution < 1.29 is 4.74 Å². The summed E-state index contributed by atoms with van der Waals surface area (Å²) >= 11 is 0. The van der Waals surface area contributed by atoms with Gasteiger partial charge in [-0.05, 0) is 68.4 Å². The van der Waals surface area contributed by atoms with Crippen molar-refractivity contribution in [3.8, 4) is 0 Å². The van der Waals surface area contributed by atoms with Crippen LogP contribution in [0.15, 0.2) is 48.6 Å². The van der Waals surface area contributed by atoms with E-state index in [0.29, 0.717) is 13.2 Å². The van der Waals surface area contributed by atoms with Crippen LogP contribution >= 0.6 is 0 Å². The average Bonchev–Trinajstić information content (AvgIpc) is 2.60. The number of hydrogen-bond donors (Lipinski definition) is 0. The summed E-state index contributed by atoms with van der Waals surface area (Å²) in [7, 11) is 0. The lowest BCUT2D eigenvalue weighted by Crippen LogP contribution is -2.12. The summed E-state index contributed by atoms with van der Waals surface area (Å²) in [4.78, 5) is 0. The van der Waals surface area contributed by atoms with Gasteiger partial charge in [-0.2, -0.15) is 0 Å². The first-order chi connectivity index (χ1) is 11.3. The van der Waals surface area contributed by atoms with E-state index < -0.39 is 0 Å². The highest BCUT2D eigenvalue weighted by molar-refractivity contribution is 5.25. The van der Waals surface area contributed by atoms with E-state index in [-0.39, 0.29) is 0 Å². The number of ether oxygens (including phenoxy) is 1. The molecule has 0 aliphatic heterocycles. The van der Waals surface area contributed by atoms with Crippen molar-refractivity contribution in [2.75, 3.05) is 6.61 Å². The molecule has 1 aliphatic carbocycles. The summed E-state index contributed by atoms with van der Waals surface area (Å²) in [5.41, 5.74) is 2.79. The van der Waals surface area contributed by atoms with E-state index in [9.17, 15) is 0 Å². The van der Waals surface area contributed by atoms with E-state index >= 15 is 0 Å². The van der Waals surface area contributed by atoms with E-state index in [4.69, 9.17) is 4.74 Å². The summed E-state index contributed by atoms with van der Waals surface area (Å²) in [5, 5.41) is 0. The van der Waals surface area contributed by atoms with E-state index in [0.717, 1.165) is 11.8 Å². The highest BCUT2D eigenvalue weighted by Crippen LogP contribution is 2.37. The highest BCUT2D eigenvalue weighted by atomic mass is 16.5. The van der Waals surface area contributed by atoms with Crippen LogP contribution in [-0.2, 0) is 11.3 Å². The summed E-state index contributed by atoms with van der Waals surface area (Å²) in [6.07, 6.45) is 16.7. The van der Waals surface area contributed by atoms with E-state index in [2.05, 4.69) is 43.3 Å². The first kappa shape index (κ1) is 18.0. The van der Waals surface area contributed by atoms with E-state index in [1.54, 1.807) is 0 Å². The van der Waals surface area contributed by atoms with Gasteiger partial charge >= 0.3 is 0 Å². The van der Waals surface area contributed by atoms with Crippen LogP contribution in [0, 0.1) is 5.92 Å². The van der Waals surface area contributed by atoms with Crippen LogP contribution in [0.5, 0.6) is 0 Å². The third-order valence-corrected chi connectivity index (χ3v) is 4.89. The van der Waals surface area contributed by atoms with Gasteiger partial charge in [0.05, 0.1) is 13.2 Å². The molecule has 0 aromatic heterocycles. The summed E-state index contributed by atoms with van der Waals surface area (Å²) in [6, 6.07) is 9.11. The average molecular weight is 312 g/mol. The van der Waals surface area contributed by atoms with Crippen LogP contribution in [-0.4, -0.2) is 6.61 Å². The van der Waals surface area contributed by atoms with E-state index in [1.165, 1.54) is 49.7 Å². The van der Waals surface area contributed by atoms with Gasteiger partial charge in [-0.15, -0.1) is 0 Å². The van der Waals surface area contributed by atoms with Crippen LogP contribution in [0.25, 0.3) is 0 Å². The van der Waals surface area contributed by atoms with Crippen LogP contribution in [0.3, 0.4) is 0 Å². The van der Waals surface area contributed by atoms with Gasteiger partial charge in [-0.25, -0.2) is 0 Å². The largest absolute Gasteiger partial charge is 0.373 e. The van der Waals surface area contributed by atoms with Crippen LogP contribution in [0.1, 0.15) is 69.4 Å². The van der Waals surface area contributed by atoms with Crippen molar-refractivity contribution in [2.24, 2.45) is 5.92 Å². The predicted molar refractivity (Wildman–Crippen MR) is 99.7 cm³/mol. The Balaban J connectivity index is 1.76. The number of hydrogen-bond acceptors (Lipinski definition) is 1. The zero-order chi connectivity index (χ0) is 16.3. The molecule has 0 atom stereocenters. The molecule has 1 saturated carbocycles. The fourth-order valence-electron chi connectivity index (χ4n) is 3.41. The van der Waals surface area contributed by atoms with Gasteiger partial charge in [-0.3, -0.25) is 0 Å². The Kier molecular flexibility index (Phi) is 8.17. The van der Waals surface area contributed by atoms with Crippen molar-refractivity contribution in [1.82, 2.24) is 0 Å². The molecule has 0 unspecified atom stereocenters. The van der Waals surface area contributed by atoms with Gasteiger partial charge in [0.2, 0.25) is 0 Å². The molecule has 0 heterocycles. The van der Waals surface area contributed by atoms with Gasteiger partial charge in [0, 0.05) is 0 Å². The lowest BCUT2D eigenvalue weighted by Gasteiger charge is -2.28. The lowest BCUT2D eigenvalue weighted by atomic mass is 9.77. The standard InChI is InChI=1S/C22H32O/c1-3-5-7-8-19-9-13-21(14-10-19)22-15-11-20(12-16-22)18-23-17-6-4-2/h4-7,11-12,15-16,19,21H,3,8-10,13-14,17-18H2,1-2H3/b6-4?,7-5+. The molecule has 0 saturated heterocycles. The SMILES string of the molecule is CC=CCOCc1ccc(C2CCC(C/C=C/CC)CC2)cc1. The quantitative estimate of drug-likeness (QED) is 0.398. The third kappa shape index (κ3) is 6.35. The summed E-state index contributed by atoms with van der Waals surface area (Å²) in [6.45, 7) is 5.64. The Hall–Kier alpha value is -1.34. The Morgan fingerprint density at radius 1 is 1.00 bits per heavy atom.